The van der Waals surface area contributed by atoms with Crippen LogP contribution in [0.4, 0.5) is 10.1 Å². The number of halogens is 2. The van der Waals surface area contributed by atoms with Crippen LogP contribution in [-0.4, -0.2) is 10.7 Å². The Morgan fingerprint density at radius 2 is 2.00 bits per heavy atom. The molecule has 0 aliphatic carbocycles. The first-order valence-corrected chi connectivity index (χ1v) is 6.18. The van der Waals surface area contributed by atoms with Crippen molar-refractivity contribution >= 4 is 23.1 Å². The molecule has 0 aliphatic rings. The molecule has 0 N–H and O–H groups in total. The van der Waals surface area contributed by atoms with Gasteiger partial charge in [0.05, 0.1) is 16.0 Å². The van der Waals surface area contributed by atoms with E-state index in [-0.39, 0.29) is 28.0 Å². The molecule has 0 atom stereocenters. The Kier molecular flexibility index (Phi) is 4.18. The van der Waals surface area contributed by atoms with E-state index in [1.54, 1.807) is 0 Å². The molecular weight excluding hydrogens is 301 g/mol. The Bertz CT molecular complexity index is 733. The maximum absolute atomic E-state index is 13.7. The molecule has 21 heavy (non-hydrogen) atoms. The highest BCUT2D eigenvalue weighted by Crippen LogP contribution is 2.30. The highest BCUT2D eigenvalue weighted by atomic mass is 35.5. The molecule has 0 heterocycles. The number of benzene rings is 2. The maximum atomic E-state index is 13.7. The first kappa shape index (κ1) is 14.9. The van der Waals surface area contributed by atoms with Crippen molar-refractivity contribution in [1.29, 1.82) is 0 Å². The Hall–Kier alpha value is -2.47. The van der Waals surface area contributed by atoms with Crippen LogP contribution in [0.25, 0.3) is 0 Å². The van der Waals surface area contributed by atoms with Gasteiger partial charge in [0, 0.05) is 17.7 Å². The fourth-order valence-electron chi connectivity index (χ4n) is 1.66. The third kappa shape index (κ3) is 3.35. The van der Waals surface area contributed by atoms with Gasteiger partial charge in [-0.15, -0.1) is 0 Å². The molecule has 0 amide bonds. The average molecular weight is 310 g/mol. The topological polar surface area (TPSA) is 69.4 Å². The zero-order chi connectivity index (χ0) is 15.6. The average Bonchev–Trinajstić information content (AvgIpc) is 2.40. The number of ether oxygens (including phenoxy) is 1. The first-order chi connectivity index (χ1) is 9.88. The summed E-state index contributed by atoms with van der Waals surface area (Å²) < 4.78 is 19.0. The summed E-state index contributed by atoms with van der Waals surface area (Å²) in [6.07, 6.45) is 0. The number of non-ortho nitro benzene ring substituents is 1. The van der Waals surface area contributed by atoms with Gasteiger partial charge in [0.25, 0.3) is 5.69 Å². The molecule has 0 fully saturated rings. The van der Waals surface area contributed by atoms with Gasteiger partial charge in [0.2, 0.25) is 0 Å². The largest absolute Gasteiger partial charge is 0.454 e. The van der Waals surface area contributed by atoms with Crippen molar-refractivity contribution in [2.45, 2.75) is 6.92 Å². The molecule has 5 nitrogen and oxygen atoms in total. The fraction of sp³-hybridized carbons (Fsp3) is 0.0714. The van der Waals surface area contributed by atoms with Crippen molar-refractivity contribution in [3.8, 4) is 11.5 Å². The van der Waals surface area contributed by atoms with E-state index in [4.69, 9.17) is 16.3 Å². The second-order valence-electron chi connectivity index (χ2n) is 4.17. The van der Waals surface area contributed by atoms with Crippen molar-refractivity contribution in [2.75, 3.05) is 0 Å². The van der Waals surface area contributed by atoms with Gasteiger partial charge < -0.3 is 4.74 Å². The third-order valence-corrected chi connectivity index (χ3v) is 2.99. The number of Topliss-reactive ketones (excluding diaryl/α,β-unsaturated/α-hetero) is 1. The maximum Gasteiger partial charge on any atom is 0.272 e. The van der Waals surface area contributed by atoms with Gasteiger partial charge in [-0.2, -0.15) is 0 Å². The van der Waals surface area contributed by atoms with Gasteiger partial charge in [0.15, 0.2) is 17.3 Å². The van der Waals surface area contributed by atoms with Crippen LogP contribution in [-0.2, 0) is 0 Å². The van der Waals surface area contributed by atoms with Crippen molar-refractivity contribution in [3.05, 3.63) is 62.9 Å². The van der Waals surface area contributed by atoms with E-state index in [0.717, 1.165) is 18.2 Å². The summed E-state index contributed by atoms with van der Waals surface area (Å²) in [6.45, 7) is 1.37. The van der Waals surface area contributed by atoms with Gasteiger partial charge in [0.1, 0.15) is 5.75 Å². The molecule has 0 saturated heterocycles. The number of carbonyl (C=O) groups excluding carboxylic acids is 1. The molecule has 2 aromatic rings. The molecule has 0 aromatic heterocycles. The standard InChI is InChI=1S/C14H9ClFNO4/c1-8(18)11-4-3-10(7-12(11)15)21-14-5-2-9(17(19)20)6-13(14)16/h2-7H,1H3. The van der Waals surface area contributed by atoms with E-state index in [2.05, 4.69) is 0 Å². The molecule has 2 rings (SSSR count). The lowest BCUT2D eigenvalue weighted by atomic mass is 10.1. The van der Waals surface area contributed by atoms with Crippen molar-refractivity contribution in [1.82, 2.24) is 0 Å². The molecule has 0 unspecified atom stereocenters. The zero-order valence-electron chi connectivity index (χ0n) is 10.8. The molecule has 7 heteroatoms. The summed E-state index contributed by atoms with van der Waals surface area (Å²) in [4.78, 5) is 21.1. The Morgan fingerprint density at radius 1 is 1.29 bits per heavy atom. The van der Waals surface area contributed by atoms with Crippen LogP contribution in [0, 0.1) is 15.9 Å². The molecule has 2 aromatic carbocycles. The number of nitro benzene ring substituents is 1. The molecule has 0 aliphatic heterocycles. The van der Waals surface area contributed by atoms with Crippen molar-refractivity contribution in [3.63, 3.8) is 0 Å². The lowest BCUT2D eigenvalue weighted by Crippen LogP contribution is -1.95. The Morgan fingerprint density at radius 3 is 2.52 bits per heavy atom. The number of nitro groups is 1. The summed E-state index contributed by atoms with van der Waals surface area (Å²) in [5.74, 6) is -1.02. The summed E-state index contributed by atoms with van der Waals surface area (Å²) in [7, 11) is 0. The minimum Gasteiger partial charge on any atom is -0.454 e. The van der Waals surface area contributed by atoms with Crippen molar-refractivity contribution in [2.24, 2.45) is 0 Å². The summed E-state index contributed by atoms with van der Waals surface area (Å²) in [5, 5.41) is 10.7. The number of nitrogens with zero attached hydrogens (tertiary/aromatic N) is 1. The lowest BCUT2D eigenvalue weighted by molar-refractivity contribution is -0.385. The Balaban J connectivity index is 2.28. The number of ketones is 1. The minimum atomic E-state index is -0.865. The molecule has 0 radical (unpaired) electrons. The van der Waals surface area contributed by atoms with Gasteiger partial charge in [-0.25, -0.2) is 4.39 Å². The highest BCUT2D eigenvalue weighted by Gasteiger charge is 2.13. The highest BCUT2D eigenvalue weighted by molar-refractivity contribution is 6.34. The second kappa shape index (κ2) is 5.88. The van der Waals surface area contributed by atoms with E-state index in [1.807, 2.05) is 0 Å². The summed E-state index contributed by atoms with van der Waals surface area (Å²) >= 11 is 5.91. The second-order valence-corrected chi connectivity index (χ2v) is 4.58. The molecular formula is C14H9ClFNO4. The number of rotatable bonds is 4. The van der Waals surface area contributed by atoms with Crippen LogP contribution >= 0.6 is 11.6 Å². The third-order valence-electron chi connectivity index (χ3n) is 2.67. The van der Waals surface area contributed by atoms with Crippen LogP contribution in [0.3, 0.4) is 0 Å². The van der Waals surface area contributed by atoms with Gasteiger partial charge >= 0.3 is 0 Å². The lowest BCUT2D eigenvalue weighted by Gasteiger charge is -2.08. The van der Waals surface area contributed by atoms with Crippen LogP contribution in [0.15, 0.2) is 36.4 Å². The first-order valence-electron chi connectivity index (χ1n) is 5.81. The van der Waals surface area contributed by atoms with Gasteiger partial charge in [-0.05, 0) is 25.1 Å². The van der Waals surface area contributed by atoms with Crippen LogP contribution < -0.4 is 4.74 Å². The van der Waals surface area contributed by atoms with Gasteiger partial charge in [-0.1, -0.05) is 11.6 Å². The van der Waals surface area contributed by atoms with Gasteiger partial charge in [-0.3, -0.25) is 14.9 Å². The normalized spacial score (nSPS) is 10.2. The predicted octanol–water partition coefficient (Wildman–Crippen LogP) is 4.38. The summed E-state index contributed by atoms with van der Waals surface area (Å²) in [6, 6.07) is 7.34. The molecule has 0 spiro atoms. The smallest absolute Gasteiger partial charge is 0.272 e. The predicted molar refractivity (Wildman–Crippen MR) is 74.6 cm³/mol. The zero-order valence-corrected chi connectivity index (χ0v) is 11.6. The minimum absolute atomic E-state index is 0.174. The van der Waals surface area contributed by atoms with Crippen LogP contribution in [0.2, 0.25) is 5.02 Å². The number of hydrogen-bond acceptors (Lipinski definition) is 4. The van der Waals surface area contributed by atoms with E-state index >= 15 is 0 Å². The quantitative estimate of drug-likeness (QED) is 0.477. The van der Waals surface area contributed by atoms with E-state index < -0.39 is 10.7 Å². The molecule has 108 valence electrons. The molecule has 0 saturated carbocycles. The molecule has 0 bridgehead atoms. The van der Waals surface area contributed by atoms with E-state index in [0.29, 0.717) is 5.56 Å². The van der Waals surface area contributed by atoms with Crippen molar-refractivity contribution < 1.29 is 18.8 Å². The summed E-state index contributed by atoms with van der Waals surface area (Å²) in [5.41, 5.74) is -0.0435. The number of hydrogen-bond donors (Lipinski definition) is 0. The van der Waals surface area contributed by atoms with E-state index in [9.17, 15) is 19.3 Å². The fourth-order valence-corrected chi connectivity index (χ4v) is 1.96. The monoisotopic (exact) mass is 309 g/mol. The van der Waals surface area contributed by atoms with Crippen LogP contribution in [0.5, 0.6) is 11.5 Å². The van der Waals surface area contributed by atoms with E-state index in [1.165, 1.54) is 25.1 Å². The Labute approximate surface area is 124 Å². The number of carbonyl (C=O) groups is 1. The SMILES string of the molecule is CC(=O)c1ccc(Oc2ccc([N+](=O)[O-])cc2F)cc1Cl. The van der Waals surface area contributed by atoms with Crippen LogP contribution in [0.1, 0.15) is 17.3 Å².